The minimum atomic E-state index is -3.74. The van der Waals surface area contributed by atoms with Gasteiger partial charge in [-0.25, -0.2) is 13.1 Å². The van der Waals surface area contributed by atoms with Crippen molar-refractivity contribution in [3.05, 3.63) is 47.1 Å². The maximum absolute atomic E-state index is 12.2. The maximum atomic E-state index is 12.2. The summed E-state index contributed by atoms with van der Waals surface area (Å²) < 4.78 is 31.9. The molecule has 0 fully saturated rings. The standard InChI is InChI=1S/C16H21N5O4S/c1-3-10-21-15(17-18-19-21)13-25-16(22)12-20(2)26(23,24)11-9-14-7-5-4-6-8-14/h4-9,11H,3,10,12-13H2,1-2H3/b11-9+. The Hall–Kier alpha value is -2.59. The summed E-state index contributed by atoms with van der Waals surface area (Å²) in [5, 5.41) is 12.1. The quantitative estimate of drug-likeness (QED) is 0.600. The highest BCUT2D eigenvalue weighted by Gasteiger charge is 2.19. The fourth-order valence-electron chi connectivity index (χ4n) is 2.01. The molecule has 2 aromatic rings. The summed E-state index contributed by atoms with van der Waals surface area (Å²) in [5.74, 6) is -0.273. The molecule has 0 N–H and O–H groups in total. The molecule has 0 amide bonds. The zero-order valence-electron chi connectivity index (χ0n) is 14.6. The molecule has 0 aliphatic rings. The van der Waals surface area contributed by atoms with Crippen LogP contribution in [0.5, 0.6) is 0 Å². The second kappa shape index (κ2) is 9.20. The minimum absolute atomic E-state index is 0.112. The van der Waals surface area contributed by atoms with E-state index in [9.17, 15) is 13.2 Å². The normalized spacial score (nSPS) is 12.0. The number of tetrazole rings is 1. The Labute approximate surface area is 152 Å². The third kappa shape index (κ3) is 5.74. The molecule has 9 nitrogen and oxygen atoms in total. The summed E-state index contributed by atoms with van der Waals surface area (Å²) in [5.41, 5.74) is 0.745. The van der Waals surface area contributed by atoms with Crippen LogP contribution in [0.25, 0.3) is 6.08 Å². The van der Waals surface area contributed by atoms with E-state index in [1.165, 1.54) is 17.8 Å². The van der Waals surface area contributed by atoms with Crippen LogP contribution in [0.3, 0.4) is 0 Å². The third-order valence-electron chi connectivity index (χ3n) is 3.42. The molecule has 0 aliphatic carbocycles. The molecular weight excluding hydrogens is 358 g/mol. The molecule has 0 bridgehead atoms. The average molecular weight is 379 g/mol. The lowest BCUT2D eigenvalue weighted by Gasteiger charge is -2.13. The number of hydrogen-bond donors (Lipinski definition) is 0. The first kappa shape index (κ1) is 19.7. The number of likely N-dealkylation sites (N-methyl/N-ethyl adjacent to an activating group) is 1. The Balaban J connectivity index is 1.89. The molecule has 0 aliphatic heterocycles. The molecule has 0 radical (unpaired) electrons. The van der Waals surface area contributed by atoms with E-state index in [0.717, 1.165) is 21.7 Å². The molecule has 26 heavy (non-hydrogen) atoms. The third-order valence-corrected chi connectivity index (χ3v) is 4.90. The van der Waals surface area contributed by atoms with Crippen LogP contribution in [0.4, 0.5) is 0 Å². The van der Waals surface area contributed by atoms with Gasteiger partial charge in [-0.05, 0) is 28.5 Å². The number of hydrogen-bond acceptors (Lipinski definition) is 7. The first-order valence-corrected chi connectivity index (χ1v) is 9.53. The van der Waals surface area contributed by atoms with E-state index in [4.69, 9.17) is 4.74 Å². The number of aryl methyl sites for hydroxylation is 1. The van der Waals surface area contributed by atoms with Crippen LogP contribution in [0.15, 0.2) is 35.7 Å². The number of ether oxygens (including phenoxy) is 1. The van der Waals surface area contributed by atoms with Crippen LogP contribution in [0.2, 0.25) is 0 Å². The van der Waals surface area contributed by atoms with Crippen molar-refractivity contribution in [2.45, 2.75) is 26.5 Å². The summed E-state index contributed by atoms with van der Waals surface area (Å²) in [6, 6.07) is 9.01. The number of rotatable bonds is 9. The number of nitrogens with zero attached hydrogens (tertiary/aromatic N) is 5. The van der Waals surface area contributed by atoms with Crippen molar-refractivity contribution in [1.29, 1.82) is 0 Å². The molecule has 0 spiro atoms. The highest BCUT2D eigenvalue weighted by molar-refractivity contribution is 7.92. The van der Waals surface area contributed by atoms with Crippen LogP contribution >= 0.6 is 0 Å². The van der Waals surface area contributed by atoms with E-state index >= 15 is 0 Å². The van der Waals surface area contributed by atoms with Gasteiger partial charge in [0.1, 0.15) is 6.54 Å². The van der Waals surface area contributed by atoms with E-state index in [1.54, 1.807) is 24.3 Å². The predicted octanol–water partition coefficient (Wildman–Crippen LogP) is 1.06. The first-order chi connectivity index (χ1) is 12.4. The van der Waals surface area contributed by atoms with Gasteiger partial charge in [-0.2, -0.15) is 4.31 Å². The lowest BCUT2D eigenvalue weighted by atomic mass is 10.2. The summed E-state index contributed by atoms with van der Waals surface area (Å²) in [4.78, 5) is 11.9. The van der Waals surface area contributed by atoms with Gasteiger partial charge >= 0.3 is 5.97 Å². The SMILES string of the molecule is CCCn1nnnc1COC(=O)CN(C)S(=O)(=O)/C=C/c1ccccc1. The highest BCUT2D eigenvalue weighted by Crippen LogP contribution is 2.07. The monoisotopic (exact) mass is 379 g/mol. The van der Waals surface area contributed by atoms with Gasteiger partial charge in [0.25, 0.3) is 0 Å². The van der Waals surface area contributed by atoms with Gasteiger partial charge in [-0.1, -0.05) is 37.3 Å². The lowest BCUT2D eigenvalue weighted by molar-refractivity contribution is -0.145. The van der Waals surface area contributed by atoms with Gasteiger partial charge in [-0.3, -0.25) is 4.79 Å². The molecule has 0 saturated carbocycles. The second-order valence-electron chi connectivity index (χ2n) is 5.49. The van der Waals surface area contributed by atoms with Gasteiger partial charge in [0.15, 0.2) is 12.4 Å². The van der Waals surface area contributed by atoms with Crippen molar-refractivity contribution in [1.82, 2.24) is 24.5 Å². The van der Waals surface area contributed by atoms with E-state index in [2.05, 4.69) is 15.5 Å². The minimum Gasteiger partial charge on any atom is -0.456 e. The van der Waals surface area contributed by atoms with E-state index in [1.807, 2.05) is 13.0 Å². The van der Waals surface area contributed by atoms with Crippen molar-refractivity contribution in [2.24, 2.45) is 0 Å². The Morgan fingerprint density at radius 3 is 2.73 bits per heavy atom. The number of carbonyl (C=O) groups excluding carboxylic acids is 1. The van der Waals surface area contributed by atoms with E-state index in [0.29, 0.717) is 12.4 Å². The molecule has 0 atom stereocenters. The molecular formula is C16H21N5O4S. The maximum Gasteiger partial charge on any atom is 0.321 e. The Bertz CT molecular complexity index is 849. The molecule has 1 aromatic heterocycles. The lowest BCUT2D eigenvalue weighted by Crippen LogP contribution is -2.31. The van der Waals surface area contributed by atoms with Gasteiger partial charge < -0.3 is 4.74 Å². The second-order valence-corrected chi connectivity index (χ2v) is 7.42. The molecule has 2 rings (SSSR count). The van der Waals surface area contributed by atoms with E-state index in [-0.39, 0.29) is 6.61 Å². The van der Waals surface area contributed by atoms with Gasteiger partial charge in [0.05, 0.1) is 0 Å². The molecule has 140 valence electrons. The fourth-order valence-corrected chi connectivity index (χ4v) is 2.83. The fraction of sp³-hybridized carbons (Fsp3) is 0.375. The van der Waals surface area contributed by atoms with E-state index < -0.39 is 22.5 Å². The Kier molecular flexibility index (Phi) is 6.98. The number of carbonyl (C=O) groups is 1. The molecule has 1 aromatic carbocycles. The number of esters is 1. The molecule has 1 heterocycles. The Morgan fingerprint density at radius 1 is 1.31 bits per heavy atom. The smallest absolute Gasteiger partial charge is 0.321 e. The highest BCUT2D eigenvalue weighted by atomic mass is 32.2. The van der Waals surface area contributed by atoms with Crippen molar-refractivity contribution >= 4 is 22.1 Å². The summed E-state index contributed by atoms with van der Waals surface area (Å²) in [7, 11) is -2.42. The number of benzene rings is 1. The van der Waals surface area contributed by atoms with Crippen LogP contribution in [0.1, 0.15) is 24.7 Å². The molecule has 0 unspecified atom stereocenters. The van der Waals surface area contributed by atoms with Crippen molar-refractivity contribution < 1.29 is 17.9 Å². The van der Waals surface area contributed by atoms with Crippen molar-refractivity contribution in [3.8, 4) is 0 Å². The van der Waals surface area contributed by atoms with Crippen LogP contribution in [0, 0.1) is 0 Å². The average Bonchev–Trinajstić information content (AvgIpc) is 3.07. The molecule has 10 heteroatoms. The van der Waals surface area contributed by atoms with Crippen LogP contribution in [-0.4, -0.2) is 52.5 Å². The summed E-state index contributed by atoms with van der Waals surface area (Å²) in [6.45, 7) is 2.06. The van der Waals surface area contributed by atoms with Crippen molar-refractivity contribution in [3.63, 3.8) is 0 Å². The van der Waals surface area contributed by atoms with Gasteiger partial charge in [-0.15, -0.1) is 5.10 Å². The number of sulfonamides is 1. The largest absolute Gasteiger partial charge is 0.456 e. The predicted molar refractivity (Wildman–Crippen MR) is 94.9 cm³/mol. The first-order valence-electron chi connectivity index (χ1n) is 8.02. The van der Waals surface area contributed by atoms with Crippen LogP contribution < -0.4 is 0 Å². The molecule has 0 saturated heterocycles. The Morgan fingerprint density at radius 2 is 2.04 bits per heavy atom. The van der Waals surface area contributed by atoms with Crippen molar-refractivity contribution in [2.75, 3.05) is 13.6 Å². The summed E-state index contributed by atoms with van der Waals surface area (Å²) in [6.07, 6.45) is 2.30. The zero-order chi connectivity index (χ0) is 19.0. The number of aromatic nitrogens is 4. The zero-order valence-corrected chi connectivity index (χ0v) is 15.5. The van der Waals surface area contributed by atoms with Gasteiger partial charge in [0.2, 0.25) is 10.0 Å². The topological polar surface area (TPSA) is 107 Å². The van der Waals surface area contributed by atoms with Crippen LogP contribution in [-0.2, 0) is 32.7 Å². The van der Waals surface area contributed by atoms with Gasteiger partial charge in [0, 0.05) is 19.0 Å². The summed E-state index contributed by atoms with van der Waals surface area (Å²) >= 11 is 0.